The number of methoxy groups -OCH3 is 2. The lowest BCUT2D eigenvalue weighted by Gasteiger charge is -2.33. The molecule has 1 aliphatic rings. The number of esters is 3. The van der Waals surface area contributed by atoms with Gasteiger partial charge in [0.2, 0.25) is 5.60 Å². The maximum Gasteiger partial charge on any atom is 0.350 e. The quantitative estimate of drug-likeness (QED) is 0.572. The number of ether oxygens (including phenoxy) is 3. The second-order valence-electron chi connectivity index (χ2n) is 7.74. The minimum absolute atomic E-state index is 0.146. The molecule has 0 radical (unpaired) electrons. The number of hydrogen-bond acceptors (Lipinski definition) is 6. The molecule has 6 nitrogen and oxygen atoms in total. The molecule has 0 aliphatic carbocycles. The summed E-state index contributed by atoms with van der Waals surface area (Å²) in [4.78, 5) is 37.2. The first-order valence-corrected chi connectivity index (χ1v) is 8.53. The molecule has 2 rings (SSSR count). The number of hydrogen-bond donors (Lipinski definition) is 0. The Morgan fingerprint density at radius 2 is 1.77 bits per heavy atom. The highest BCUT2D eigenvalue weighted by Crippen LogP contribution is 2.49. The maximum absolute atomic E-state index is 12.6. The van der Waals surface area contributed by atoms with E-state index in [2.05, 4.69) is 0 Å². The molecule has 0 bridgehead atoms. The Balaban J connectivity index is 2.31. The van der Waals surface area contributed by atoms with Gasteiger partial charge in [0.05, 0.1) is 25.0 Å². The van der Waals surface area contributed by atoms with Gasteiger partial charge in [0, 0.05) is 6.42 Å². The van der Waals surface area contributed by atoms with Gasteiger partial charge in [-0.2, -0.15) is 0 Å². The number of cyclic esters (lactones) is 1. The average Bonchev–Trinajstić information content (AvgIpc) is 2.83. The van der Waals surface area contributed by atoms with Crippen molar-refractivity contribution >= 4 is 17.9 Å². The summed E-state index contributed by atoms with van der Waals surface area (Å²) in [5, 5.41) is 0. The lowest BCUT2D eigenvalue weighted by molar-refractivity contribution is -0.171. The topological polar surface area (TPSA) is 78.9 Å². The van der Waals surface area contributed by atoms with Gasteiger partial charge < -0.3 is 14.2 Å². The summed E-state index contributed by atoms with van der Waals surface area (Å²) in [5.74, 6) is -1.51. The van der Waals surface area contributed by atoms with Crippen LogP contribution in [0.3, 0.4) is 0 Å². The minimum Gasteiger partial charge on any atom is -0.469 e. The molecule has 0 saturated carbocycles. The van der Waals surface area contributed by atoms with Crippen LogP contribution in [0, 0.1) is 10.8 Å². The molecule has 26 heavy (non-hydrogen) atoms. The molecule has 0 N–H and O–H groups in total. The number of benzene rings is 1. The normalized spacial score (nSPS) is 27.3. The molecule has 3 unspecified atom stereocenters. The fourth-order valence-electron chi connectivity index (χ4n) is 4.01. The lowest BCUT2D eigenvalue weighted by atomic mass is 9.68. The van der Waals surface area contributed by atoms with E-state index < -0.39 is 34.3 Å². The fourth-order valence-corrected chi connectivity index (χ4v) is 4.01. The van der Waals surface area contributed by atoms with Gasteiger partial charge in [-0.25, -0.2) is 4.79 Å². The van der Waals surface area contributed by atoms with E-state index in [1.54, 1.807) is 13.8 Å². The van der Waals surface area contributed by atoms with E-state index in [0.717, 1.165) is 5.56 Å². The molecule has 6 heteroatoms. The highest BCUT2D eigenvalue weighted by atomic mass is 16.6. The van der Waals surface area contributed by atoms with Crippen LogP contribution in [0.15, 0.2) is 30.3 Å². The molecule has 1 saturated heterocycles. The molecule has 0 aromatic heterocycles. The first kappa shape index (κ1) is 19.9. The largest absolute Gasteiger partial charge is 0.469 e. The molecule has 1 aliphatic heterocycles. The zero-order chi connectivity index (χ0) is 19.6. The first-order chi connectivity index (χ1) is 12.1. The zero-order valence-electron chi connectivity index (χ0n) is 16.0. The number of carbonyl (C=O) groups excluding carboxylic acids is 3. The Morgan fingerprint density at radius 3 is 2.31 bits per heavy atom. The predicted molar refractivity (Wildman–Crippen MR) is 94.1 cm³/mol. The van der Waals surface area contributed by atoms with Gasteiger partial charge >= 0.3 is 17.9 Å². The van der Waals surface area contributed by atoms with Crippen LogP contribution in [-0.4, -0.2) is 37.7 Å². The van der Waals surface area contributed by atoms with Crippen LogP contribution in [0.25, 0.3) is 0 Å². The van der Waals surface area contributed by atoms with Gasteiger partial charge in [0.25, 0.3) is 0 Å². The standard InChI is InChI=1S/C20H26O6/c1-18(15(21)24-4,11-14-9-7-6-8-10-14)12-19(2)13-20(3,17(23)25-5)26-16(19)22/h6-10H,11-13H2,1-5H3. The number of carbonyl (C=O) groups is 3. The zero-order valence-corrected chi connectivity index (χ0v) is 16.0. The van der Waals surface area contributed by atoms with E-state index in [-0.39, 0.29) is 12.8 Å². The van der Waals surface area contributed by atoms with Gasteiger partial charge in [-0.05, 0) is 39.2 Å². The Labute approximate surface area is 153 Å². The molecular formula is C20H26O6. The average molecular weight is 362 g/mol. The van der Waals surface area contributed by atoms with E-state index in [1.165, 1.54) is 21.1 Å². The Hall–Kier alpha value is -2.37. The van der Waals surface area contributed by atoms with Crippen LogP contribution in [0.1, 0.15) is 39.2 Å². The molecule has 1 aromatic rings. The van der Waals surface area contributed by atoms with Crippen molar-refractivity contribution in [1.29, 1.82) is 0 Å². The number of rotatable bonds is 6. The minimum atomic E-state index is -1.34. The van der Waals surface area contributed by atoms with Crippen molar-refractivity contribution in [2.45, 2.75) is 45.6 Å². The summed E-state index contributed by atoms with van der Waals surface area (Å²) in [6, 6.07) is 9.54. The summed E-state index contributed by atoms with van der Waals surface area (Å²) in [6.45, 7) is 5.03. The summed E-state index contributed by atoms with van der Waals surface area (Å²) in [5.41, 5.74) is -2.32. The van der Waals surface area contributed by atoms with Crippen molar-refractivity contribution in [2.24, 2.45) is 10.8 Å². The van der Waals surface area contributed by atoms with Gasteiger partial charge in [0.15, 0.2) is 0 Å². The summed E-state index contributed by atoms with van der Waals surface area (Å²) in [7, 11) is 2.59. The van der Waals surface area contributed by atoms with E-state index in [9.17, 15) is 14.4 Å². The SMILES string of the molecule is COC(=O)C(C)(Cc1ccccc1)CC1(C)CC(C)(C(=O)OC)OC1=O. The van der Waals surface area contributed by atoms with E-state index in [4.69, 9.17) is 14.2 Å². The molecule has 3 atom stereocenters. The second kappa shape index (κ2) is 7.09. The van der Waals surface area contributed by atoms with Crippen LogP contribution in [0.4, 0.5) is 0 Å². The van der Waals surface area contributed by atoms with Crippen molar-refractivity contribution < 1.29 is 28.6 Å². The van der Waals surface area contributed by atoms with E-state index in [1.807, 2.05) is 30.3 Å². The van der Waals surface area contributed by atoms with E-state index >= 15 is 0 Å². The van der Waals surface area contributed by atoms with Gasteiger partial charge in [-0.3, -0.25) is 9.59 Å². The van der Waals surface area contributed by atoms with Crippen LogP contribution < -0.4 is 0 Å². The fraction of sp³-hybridized carbons (Fsp3) is 0.550. The molecular weight excluding hydrogens is 336 g/mol. The molecule has 1 heterocycles. The maximum atomic E-state index is 12.6. The van der Waals surface area contributed by atoms with Crippen LogP contribution in [0.5, 0.6) is 0 Å². The summed E-state index contributed by atoms with van der Waals surface area (Å²) < 4.78 is 15.1. The summed E-state index contributed by atoms with van der Waals surface area (Å²) >= 11 is 0. The van der Waals surface area contributed by atoms with Crippen LogP contribution in [0.2, 0.25) is 0 Å². The van der Waals surface area contributed by atoms with Crippen molar-refractivity contribution in [3.05, 3.63) is 35.9 Å². The Morgan fingerprint density at radius 1 is 1.15 bits per heavy atom. The monoisotopic (exact) mass is 362 g/mol. The molecule has 1 fully saturated rings. The molecule has 0 amide bonds. The van der Waals surface area contributed by atoms with Crippen molar-refractivity contribution in [3.63, 3.8) is 0 Å². The second-order valence-corrected chi connectivity index (χ2v) is 7.74. The van der Waals surface area contributed by atoms with Gasteiger partial charge in [-0.15, -0.1) is 0 Å². The third kappa shape index (κ3) is 3.74. The van der Waals surface area contributed by atoms with Crippen molar-refractivity contribution in [1.82, 2.24) is 0 Å². The summed E-state index contributed by atoms with van der Waals surface area (Å²) in [6.07, 6.45) is 0.762. The van der Waals surface area contributed by atoms with Crippen LogP contribution >= 0.6 is 0 Å². The van der Waals surface area contributed by atoms with Gasteiger partial charge in [0.1, 0.15) is 0 Å². The van der Waals surface area contributed by atoms with Crippen molar-refractivity contribution in [3.8, 4) is 0 Å². The molecule has 142 valence electrons. The highest BCUT2D eigenvalue weighted by molar-refractivity contribution is 5.90. The predicted octanol–water partition coefficient (Wildman–Crippen LogP) is 2.68. The Bertz CT molecular complexity index is 700. The highest BCUT2D eigenvalue weighted by Gasteiger charge is 2.59. The first-order valence-electron chi connectivity index (χ1n) is 8.53. The van der Waals surface area contributed by atoms with E-state index in [0.29, 0.717) is 6.42 Å². The van der Waals surface area contributed by atoms with Crippen molar-refractivity contribution in [2.75, 3.05) is 14.2 Å². The third-order valence-corrected chi connectivity index (χ3v) is 5.05. The lowest BCUT2D eigenvalue weighted by Crippen LogP contribution is -2.40. The van der Waals surface area contributed by atoms with Gasteiger partial charge in [-0.1, -0.05) is 30.3 Å². The third-order valence-electron chi connectivity index (χ3n) is 5.05. The Kier molecular flexibility index (Phi) is 5.44. The molecule has 1 aromatic carbocycles. The van der Waals surface area contributed by atoms with Crippen LogP contribution in [-0.2, 0) is 35.0 Å². The smallest absolute Gasteiger partial charge is 0.350 e. The molecule has 0 spiro atoms.